The lowest BCUT2D eigenvalue weighted by Gasteiger charge is -2.31. The Labute approximate surface area is 118 Å². The predicted octanol–water partition coefficient (Wildman–Crippen LogP) is 3.94. The molecule has 0 aromatic heterocycles. The van der Waals surface area contributed by atoms with Crippen LogP contribution in [0.25, 0.3) is 0 Å². The summed E-state index contributed by atoms with van der Waals surface area (Å²) in [6, 6.07) is 0.0685. The Bertz CT molecular complexity index is 321. The molecule has 1 N–H and O–H groups in total. The molecule has 1 unspecified atom stereocenters. The van der Waals surface area contributed by atoms with E-state index in [9.17, 15) is 4.79 Å². The van der Waals surface area contributed by atoms with Gasteiger partial charge in [-0.1, -0.05) is 27.7 Å². The summed E-state index contributed by atoms with van der Waals surface area (Å²) in [5.74, 6) is 1.40. The van der Waals surface area contributed by atoms with E-state index in [0.717, 1.165) is 18.9 Å². The van der Waals surface area contributed by atoms with Crippen LogP contribution in [0.3, 0.4) is 0 Å². The number of likely N-dealkylation sites (N-methyl/N-ethyl adjacent to an activating group) is 1. The van der Waals surface area contributed by atoms with Crippen LogP contribution in [0.2, 0.25) is 0 Å². The first-order chi connectivity index (χ1) is 8.86. The first-order valence-electron chi connectivity index (χ1n) is 8.14. The second-order valence-corrected chi connectivity index (χ2v) is 7.91. The fraction of sp³-hybridized carbons (Fsp3) is 0.941. The third kappa shape index (κ3) is 3.39. The highest BCUT2D eigenvalue weighted by Crippen LogP contribution is 2.56. The van der Waals surface area contributed by atoms with Crippen molar-refractivity contribution in [3.05, 3.63) is 0 Å². The molecule has 2 saturated carbocycles. The highest BCUT2D eigenvalue weighted by molar-refractivity contribution is 5.88. The summed E-state index contributed by atoms with van der Waals surface area (Å²) in [6.45, 7) is 9.11. The van der Waals surface area contributed by atoms with Crippen LogP contribution in [-0.4, -0.2) is 18.4 Å². The summed E-state index contributed by atoms with van der Waals surface area (Å²) in [7, 11) is 0. The van der Waals surface area contributed by atoms with Gasteiger partial charge in [-0.3, -0.25) is 4.79 Å². The third-order valence-corrected chi connectivity index (χ3v) is 5.36. The minimum absolute atomic E-state index is 0.0685. The molecule has 2 heteroatoms. The van der Waals surface area contributed by atoms with Gasteiger partial charge in [-0.2, -0.15) is 0 Å². The molecule has 0 heterocycles. The average Bonchev–Trinajstić information content (AvgIpc) is 2.93. The highest BCUT2D eigenvalue weighted by Gasteiger charge is 2.44. The zero-order valence-electron chi connectivity index (χ0n) is 13.2. The summed E-state index contributed by atoms with van der Waals surface area (Å²) < 4.78 is 0. The van der Waals surface area contributed by atoms with Gasteiger partial charge in [0, 0.05) is 5.41 Å². The van der Waals surface area contributed by atoms with E-state index in [1.807, 2.05) is 20.8 Å². The molecule has 0 aromatic rings. The van der Waals surface area contributed by atoms with Crippen LogP contribution in [0, 0.1) is 16.7 Å². The van der Waals surface area contributed by atoms with Gasteiger partial charge in [0.1, 0.15) is 0 Å². The summed E-state index contributed by atoms with van der Waals surface area (Å²) in [5.41, 5.74) is 0.384. The van der Waals surface area contributed by atoms with Crippen molar-refractivity contribution >= 4 is 5.78 Å². The number of ketones is 1. The molecule has 2 bridgehead atoms. The molecule has 2 nitrogen and oxygen atoms in total. The molecule has 0 amide bonds. The summed E-state index contributed by atoms with van der Waals surface area (Å²) in [5, 5.41) is 3.42. The highest BCUT2D eigenvalue weighted by atomic mass is 16.1. The molecule has 0 aliphatic heterocycles. The number of nitrogens with one attached hydrogen (secondary N) is 1. The molecular weight excluding hydrogens is 234 g/mol. The van der Waals surface area contributed by atoms with E-state index >= 15 is 0 Å². The fourth-order valence-electron chi connectivity index (χ4n) is 4.21. The Hall–Kier alpha value is -0.370. The van der Waals surface area contributed by atoms with E-state index in [-0.39, 0.29) is 11.5 Å². The van der Waals surface area contributed by atoms with Gasteiger partial charge in [-0.05, 0) is 62.8 Å². The molecule has 110 valence electrons. The van der Waals surface area contributed by atoms with Gasteiger partial charge in [-0.25, -0.2) is 0 Å². The van der Waals surface area contributed by atoms with Crippen LogP contribution >= 0.6 is 0 Å². The van der Waals surface area contributed by atoms with Crippen molar-refractivity contribution in [2.75, 3.05) is 6.54 Å². The smallest absolute Gasteiger partial charge is 0.155 e. The maximum Gasteiger partial charge on any atom is 0.155 e. The Morgan fingerprint density at radius 2 is 1.95 bits per heavy atom. The standard InChI is InChI=1S/C17H31NO/c1-5-18-14(15(19)16(2,3)4)8-11-17-9-6-13(12-17)7-10-17/h13-14,18H,5-12H2,1-4H3. The van der Waals surface area contributed by atoms with Crippen molar-refractivity contribution in [2.24, 2.45) is 16.7 Å². The van der Waals surface area contributed by atoms with E-state index in [1.165, 1.54) is 38.5 Å². The van der Waals surface area contributed by atoms with Crippen molar-refractivity contribution in [2.45, 2.75) is 78.7 Å². The van der Waals surface area contributed by atoms with Crippen molar-refractivity contribution in [1.29, 1.82) is 0 Å². The fourth-order valence-corrected chi connectivity index (χ4v) is 4.21. The van der Waals surface area contributed by atoms with Crippen LogP contribution in [0.15, 0.2) is 0 Å². The summed E-state index contributed by atoms with van der Waals surface area (Å²) >= 11 is 0. The number of carbonyl (C=O) groups excluding carboxylic acids is 1. The van der Waals surface area contributed by atoms with Crippen molar-refractivity contribution in [1.82, 2.24) is 5.32 Å². The second kappa shape index (κ2) is 5.55. The van der Waals surface area contributed by atoms with Gasteiger partial charge in [0.25, 0.3) is 0 Å². The summed E-state index contributed by atoms with van der Waals surface area (Å²) in [4.78, 5) is 12.5. The van der Waals surface area contributed by atoms with Crippen LogP contribution in [0.1, 0.15) is 72.6 Å². The number of hydrogen-bond donors (Lipinski definition) is 1. The lowest BCUT2D eigenvalue weighted by Crippen LogP contribution is -2.43. The number of hydrogen-bond acceptors (Lipinski definition) is 2. The van der Waals surface area contributed by atoms with Gasteiger partial charge in [0.15, 0.2) is 5.78 Å². The molecule has 2 fully saturated rings. The molecular formula is C17H31NO. The number of carbonyl (C=O) groups is 1. The van der Waals surface area contributed by atoms with Crippen molar-refractivity contribution < 1.29 is 4.79 Å². The Kier molecular flexibility index (Phi) is 4.39. The van der Waals surface area contributed by atoms with E-state index in [0.29, 0.717) is 11.2 Å². The molecule has 2 aliphatic carbocycles. The average molecular weight is 265 g/mol. The lowest BCUT2D eigenvalue weighted by molar-refractivity contribution is -0.128. The quantitative estimate of drug-likeness (QED) is 0.788. The minimum Gasteiger partial charge on any atom is -0.308 e. The molecule has 0 saturated heterocycles. The second-order valence-electron chi connectivity index (χ2n) is 7.91. The monoisotopic (exact) mass is 265 g/mol. The first-order valence-corrected chi connectivity index (χ1v) is 8.14. The van der Waals surface area contributed by atoms with Gasteiger partial charge in [-0.15, -0.1) is 0 Å². The Morgan fingerprint density at radius 3 is 2.37 bits per heavy atom. The molecule has 0 aromatic carbocycles. The van der Waals surface area contributed by atoms with Gasteiger partial charge >= 0.3 is 0 Å². The zero-order chi connectivity index (χ0) is 14.1. The SMILES string of the molecule is CCNC(CCC12CCC(CC1)C2)C(=O)C(C)(C)C. The van der Waals surface area contributed by atoms with Crippen LogP contribution in [0.4, 0.5) is 0 Å². The lowest BCUT2D eigenvalue weighted by atomic mass is 9.77. The van der Waals surface area contributed by atoms with E-state index in [4.69, 9.17) is 0 Å². The van der Waals surface area contributed by atoms with Gasteiger partial charge < -0.3 is 5.32 Å². The number of fused-ring (bicyclic) bond motifs is 2. The zero-order valence-corrected chi connectivity index (χ0v) is 13.2. The molecule has 0 spiro atoms. The van der Waals surface area contributed by atoms with E-state index in [2.05, 4.69) is 12.2 Å². The van der Waals surface area contributed by atoms with Crippen molar-refractivity contribution in [3.8, 4) is 0 Å². The van der Waals surface area contributed by atoms with Crippen LogP contribution in [0.5, 0.6) is 0 Å². The molecule has 1 atom stereocenters. The van der Waals surface area contributed by atoms with Crippen LogP contribution < -0.4 is 5.32 Å². The topological polar surface area (TPSA) is 29.1 Å². The van der Waals surface area contributed by atoms with E-state index < -0.39 is 0 Å². The molecule has 19 heavy (non-hydrogen) atoms. The van der Waals surface area contributed by atoms with Gasteiger partial charge in [0.2, 0.25) is 0 Å². The predicted molar refractivity (Wildman–Crippen MR) is 80.2 cm³/mol. The van der Waals surface area contributed by atoms with Crippen molar-refractivity contribution in [3.63, 3.8) is 0 Å². The Balaban J connectivity index is 1.92. The number of rotatable bonds is 6. The molecule has 0 radical (unpaired) electrons. The normalized spacial score (nSPS) is 31.7. The van der Waals surface area contributed by atoms with Gasteiger partial charge in [0.05, 0.1) is 6.04 Å². The maximum atomic E-state index is 12.5. The Morgan fingerprint density at radius 1 is 1.32 bits per heavy atom. The van der Waals surface area contributed by atoms with Crippen LogP contribution in [-0.2, 0) is 4.79 Å². The van der Waals surface area contributed by atoms with E-state index in [1.54, 1.807) is 0 Å². The molecule has 2 aliphatic rings. The largest absolute Gasteiger partial charge is 0.308 e. The third-order valence-electron chi connectivity index (χ3n) is 5.36. The first kappa shape index (κ1) is 15.0. The minimum atomic E-state index is -0.224. The molecule has 2 rings (SSSR count). The summed E-state index contributed by atoms with van der Waals surface area (Å²) in [6.07, 6.45) is 9.45. The number of Topliss-reactive ketones (excluding diaryl/α,β-unsaturated/α-hetero) is 1. The maximum absolute atomic E-state index is 12.5.